The lowest BCUT2D eigenvalue weighted by Crippen LogP contribution is -2.37. The molecule has 130 valence electrons. The molecule has 1 aliphatic rings. The van der Waals surface area contributed by atoms with Crippen LogP contribution in [0.15, 0.2) is 42.5 Å². The van der Waals surface area contributed by atoms with Gasteiger partial charge in [0.2, 0.25) is 17.7 Å². The first-order valence-corrected chi connectivity index (χ1v) is 7.87. The molecule has 0 bridgehead atoms. The van der Waals surface area contributed by atoms with Crippen molar-refractivity contribution in [3.05, 3.63) is 48.0 Å². The number of ether oxygens (including phenoxy) is 2. The second-order valence-corrected chi connectivity index (χ2v) is 5.62. The second kappa shape index (κ2) is 7.21. The lowest BCUT2D eigenvalue weighted by Gasteiger charge is -2.17. The molecule has 1 fully saturated rings. The highest BCUT2D eigenvalue weighted by Crippen LogP contribution is 2.23. The van der Waals surface area contributed by atoms with Crippen molar-refractivity contribution in [3.8, 4) is 11.8 Å². The molecular formula is C18H19N3O4. The van der Waals surface area contributed by atoms with Gasteiger partial charge in [-0.25, -0.2) is 0 Å². The van der Waals surface area contributed by atoms with Crippen molar-refractivity contribution in [2.75, 3.05) is 25.7 Å². The van der Waals surface area contributed by atoms with Crippen LogP contribution in [0.4, 0.5) is 5.69 Å². The van der Waals surface area contributed by atoms with Crippen LogP contribution < -0.4 is 19.7 Å². The number of amides is 2. The molecule has 1 atom stereocenters. The zero-order valence-corrected chi connectivity index (χ0v) is 14.1. The van der Waals surface area contributed by atoms with Crippen molar-refractivity contribution in [1.29, 1.82) is 0 Å². The van der Waals surface area contributed by atoms with E-state index in [1.807, 2.05) is 30.3 Å². The summed E-state index contributed by atoms with van der Waals surface area (Å²) in [6.45, 7) is 0.431. The number of carbonyl (C=O) groups excluding carboxylic acids is 2. The van der Waals surface area contributed by atoms with Gasteiger partial charge < -0.3 is 19.7 Å². The number of aromatic nitrogens is 1. The molecule has 0 spiro atoms. The van der Waals surface area contributed by atoms with Gasteiger partial charge in [0, 0.05) is 24.7 Å². The number of hydrogen-bond donors (Lipinski definition) is 1. The van der Waals surface area contributed by atoms with Crippen LogP contribution in [0, 0.1) is 0 Å². The first kappa shape index (κ1) is 16.8. The molecule has 3 rings (SSSR count). The lowest BCUT2D eigenvalue weighted by atomic mass is 10.2. The maximum atomic E-state index is 12.5. The number of rotatable bonds is 5. The van der Waals surface area contributed by atoms with Crippen LogP contribution in [0.2, 0.25) is 0 Å². The fourth-order valence-electron chi connectivity index (χ4n) is 2.79. The summed E-state index contributed by atoms with van der Waals surface area (Å²) in [7, 11) is 2.93. The molecule has 1 aliphatic heterocycles. The van der Waals surface area contributed by atoms with Crippen molar-refractivity contribution in [1.82, 2.24) is 10.3 Å². The zero-order valence-electron chi connectivity index (χ0n) is 14.1. The molecular weight excluding hydrogens is 322 g/mol. The summed E-state index contributed by atoms with van der Waals surface area (Å²) < 4.78 is 10.2. The third-order valence-corrected chi connectivity index (χ3v) is 4.01. The predicted molar refractivity (Wildman–Crippen MR) is 92.0 cm³/mol. The zero-order chi connectivity index (χ0) is 17.8. The summed E-state index contributed by atoms with van der Waals surface area (Å²) >= 11 is 0. The average molecular weight is 341 g/mol. The first-order valence-electron chi connectivity index (χ1n) is 7.87. The van der Waals surface area contributed by atoms with Crippen molar-refractivity contribution >= 4 is 17.5 Å². The fourth-order valence-corrected chi connectivity index (χ4v) is 2.79. The van der Waals surface area contributed by atoms with E-state index in [9.17, 15) is 9.59 Å². The van der Waals surface area contributed by atoms with E-state index in [1.54, 1.807) is 17.0 Å². The van der Waals surface area contributed by atoms with E-state index in [1.165, 1.54) is 14.2 Å². The number of pyridine rings is 1. The maximum absolute atomic E-state index is 12.5. The normalized spacial score (nSPS) is 16.6. The van der Waals surface area contributed by atoms with Gasteiger partial charge in [-0.2, -0.15) is 4.98 Å². The van der Waals surface area contributed by atoms with Gasteiger partial charge in [-0.1, -0.05) is 18.2 Å². The SMILES string of the molecule is COc1ccc(C(=O)N[C@@H]2CC(=O)N(c3ccccc3)C2)c(OC)n1. The molecule has 1 aromatic carbocycles. The molecule has 0 aliphatic carbocycles. The van der Waals surface area contributed by atoms with Crippen LogP contribution in [-0.4, -0.2) is 43.6 Å². The van der Waals surface area contributed by atoms with E-state index >= 15 is 0 Å². The highest BCUT2D eigenvalue weighted by molar-refractivity contribution is 5.99. The quantitative estimate of drug-likeness (QED) is 0.894. The number of anilines is 1. The molecule has 0 unspecified atom stereocenters. The first-order chi connectivity index (χ1) is 12.1. The van der Waals surface area contributed by atoms with Crippen LogP contribution in [0.25, 0.3) is 0 Å². The van der Waals surface area contributed by atoms with Crippen molar-refractivity contribution in [2.24, 2.45) is 0 Å². The monoisotopic (exact) mass is 341 g/mol. The molecule has 1 N–H and O–H groups in total. The Morgan fingerprint density at radius 3 is 2.60 bits per heavy atom. The van der Waals surface area contributed by atoms with E-state index in [4.69, 9.17) is 9.47 Å². The summed E-state index contributed by atoms with van der Waals surface area (Å²) in [4.78, 5) is 30.5. The van der Waals surface area contributed by atoms with Gasteiger partial charge in [-0.15, -0.1) is 0 Å². The van der Waals surface area contributed by atoms with Gasteiger partial charge in [0.25, 0.3) is 5.91 Å². The van der Waals surface area contributed by atoms with E-state index in [2.05, 4.69) is 10.3 Å². The highest BCUT2D eigenvalue weighted by atomic mass is 16.5. The number of para-hydroxylation sites is 1. The summed E-state index contributed by atoms with van der Waals surface area (Å²) in [5, 5.41) is 2.88. The number of carbonyl (C=O) groups is 2. The van der Waals surface area contributed by atoms with Crippen LogP contribution in [-0.2, 0) is 4.79 Å². The Balaban J connectivity index is 1.71. The fraction of sp³-hybridized carbons (Fsp3) is 0.278. The lowest BCUT2D eigenvalue weighted by molar-refractivity contribution is -0.117. The number of methoxy groups -OCH3 is 2. The Kier molecular flexibility index (Phi) is 4.83. The van der Waals surface area contributed by atoms with Gasteiger partial charge in [0.05, 0.1) is 20.3 Å². The van der Waals surface area contributed by atoms with Gasteiger partial charge in [-0.05, 0) is 18.2 Å². The molecule has 1 aromatic heterocycles. The summed E-state index contributed by atoms with van der Waals surface area (Å²) in [6.07, 6.45) is 0.256. The minimum Gasteiger partial charge on any atom is -0.481 e. The summed E-state index contributed by atoms with van der Waals surface area (Å²) in [5.41, 5.74) is 1.13. The highest BCUT2D eigenvalue weighted by Gasteiger charge is 2.32. The maximum Gasteiger partial charge on any atom is 0.257 e. The van der Waals surface area contributed by atoms with Crippen LogP contribution >= 0.6 is 0 Å². The van der Waals surface area contributed by atoms with Crippen molar-refractivity contribution < 1.29 is 19.1 Å². The predicted octanol–water partition coefficient (Wildman–Crippen LogP) is 1.63. The van der Waals surface area contributed by atoms with E-state index in [0.717, 1.165) is 5.69 Å². The van der Waals surface area contributed by atoms with Crippen molar-refractivity contribution in [3.63, 3.8) is 0 Å². The Morgan fingerprint density at radius 1 is 1.16 bits per heavy atom. The van der Waals surface area contributed by atoms with Gasteiger partial charge in [0.15, 0.2) is 0 Å². The molecule has 1 saturated heterocycles. The van der Waals surface area contributed by atoms with Gasteiger partial charge in [0.1, 0.15) is 5.56 Å². The molecule has 0 saturated carbocycles. The minimum atomic E-state index is -0.334. The molecule has 2 aromatic rings. The van der Waals surface area contributed by atoms with Crippen molar-refractivity contribution in [2.45, 2.75) is 12.5 Å². The van der Waals surface area contributed by atoms with E-state index in [-0.39, 0.29) is 30.2 Å². The van der Waals surface area contributed by atoms with Gasteiger partial charge in [-0.3, -0.25) is 9.59 Å². The Labute approximate surface area is 145 Å². The van der Waals surface area contributed by atoms with Crippen LogP contribution in [0.3, 0.4) is 0 Å². The molecule has 2 heterocycles. The largest absolute Gasteiger partial charge is 0.481 e. The molecule has 2 amide bonds. The Hall–Kier alpha value is -3.09. The number of nitrogens with one attached hydrogen (secondary N) is 1. The standard InChI is InChI=1S/C18H19N3O4/c1-24-15-9-8-14(18(20-15)25-2)17(23)19-12-10-16(22)21(11-12)13-6-4-3-5-7-13/h3-9,12H,10-11H2,1-2H3,(H,19,23)/t12-/m1/s1. The average Bonchev–Trinajstić information content (AvgIpc) is 3.01. The smallest absolute Gasteiger partial charge is 0.257 e. The van der Waals surface area contributed by atoms with E-state index in [0.29, 0.717) is 18.0 Å². The van der Waals surface area contributed by atoms with Gasteiger partial charge >= 0.3 is 0 Å². The topological polar surface area (TPSA) is 80.8 Å². The van der Waals surface area contributed by atoms with E-state index < -0.39 is 0 Å². The molecule has 7 nitrogen and oxygen atoms in total. The Morgan fingerprint density at radius 2 is 1.92 bits per heavy atom. The summed E-state index contributed by atoms with van der Waals surface area (Å²) in [6, 6.07) is 12.3. The molecule has 0 radical (unpaired) electrons. The number of benzene rings is 1. The second-order valence-electron chi connectivity index (χ2n) is 5.62. The number of hydrogen-bond acceptors (Lipinski definition) is 5. The minimum absolute atomic E-state index is 0.0173. The Bertz CT molecular complexity index is 779. The third kappa shape index (κ3) is 3.55. The van der Waals surface area contributed by atoms with Crippen LogP contribution in [0.1, 0.15) is 16.8 Å². The third-order valence-electron chi connectivity index (χ3n) is 4.01. The van der Waals surface area contributed by atoms with Crippen LogP contribution in [0.5, 0.6) is 11.8 Å². The molecule has 25 heavy (non-hydrogen) atoms. The summed E-state index contributed by atoms with van der Waals surface area (Å²) in [5.74, 6) is 0.192. The molecule has 7 heteroatoms. The number of nitrogens with zero attached hydrogens (tertiary/aromatic N) is 2.